The molecule has 1 heteroatoms. The lowest BCUT2D eigenvalue weighted by Gasteiger charge is -2.12. The van der Waals surface area contributed by atoms with Crippen LogP contribution in [0.2, 0.25) is 0 Å². The number of benzene rings is 2. The second-order valence-electron chi connectivity index (χ2n) is 4.58. The average molecular weight is 246 g/mol. The Morgan fingerprint density at radius 1 is 0.789 bits per heavy atom. The minimum Gasteiger partial charge on any atom is -0.289 e. The zero-order valence-corrected chi connectivity index (χ0v) is 10.5. The van der Waals surface area contributed by atoms with Gasteiger partial charge in [-0.1, -0.05) is 78.9 Å². The van der Waals surface area contributed by atoms with E-state index in [9.17, 15) is 4.79 Å². The quantitative estimate of drug-likeness (QED) is 0.744. The van der Waals surface area contributed by atoms with Crippen molar-refractivity contribution in [2.75, 3.05) is 0 Å². The van der Waals surface area contributed by atoms with Crippen molar-refractivity contribution < 1.29 is 4.79 Å². The van der Waals surface area contributed by atoms with Crippen molar-refractivity contribution >= 4 is 5.78 Å². The molecule has 0 atom stereocenters. The van der Waals surface area contributed by atoms with Gasteiger partial charge in [-0.15, -0.1) is 0 Å². The third-order valence-electron chi connectivity index (χ3n) is 3.35. The first-order valence-electron chi connectivity index (χ1n) is 6.40. The largest absolute Gasteiger partial charge is 0.289 e. The topological polar surface area (TPSA) is 17.1 Å². The Kier molecular flexibility index (Phi) is 3.11. The summed E-state index contributed by atoms with van der Waals surface area (Å²) in [7, 11) is 0. The summed E-state index contributed by atoms with van der Waals surface area (Å²) >= 11 is 0. The molecule has 0 unspecified atom stereocenters. The van der Waals surface area contributed by atoms with Crippen LogP contribution in [0.3, 0.4) is 0 Å². The van der Waals surface area contributed by atoms with E-state index in [0.717, 1.165) is 16.7 Å². The fourth-order valence-corrected chi connectivity index (χ4v) is 2.38. The molecule has 0 fully saturated rings. The minimum absolute atomic E-state index is 0.0879. The maximum atomic E-state index is 12.6. The Labute approximate surface area is 112 Å². The van der Waals surface area contributed by atoms with Crippen LogP contribution in [-0.2, 0) is 0 Å². The monoisotopic (exact) mass is 246 g/mol. The fourth-order valence-electron chi connectivity index (χ4n) is 2.38. The van der Waals surface area contributed by atoms with Gasteiger partial charge in [0, 0.05) is 17.0 Å². The van der Waals surface area contributed by atoms with E-state index in [4.69, 9.17) is 0 Å². The first-order chi connectivity index (χ1) is 9.36. The highest BCUT2D eigenvalue weighted by molar-refractivity contribution is 6.10. The molecule has 2 aromatic carbocycles. The third kappa shape index (κ3) is 2.27. The lowest BCUT2D eigenvalue weighted by Crippen LogP contribution is -2.06. The molecule has 0 saturated carbocycles. The maximum absolute atomic E-state index is 12.6. The van der Waals surface area contributed by atoms with Gasteiger partial charge in [-0.05, 0) is 5.56 Å². The molecule has 0 amide bonds. The van der Waals surface area contributed by atoms with Crippen LogP contribution < -0.4 is 0 Å². The number of ketones is 1. The van der Waals surface area contributed by atoms with Crippen LogP contribution in [0.4, 0.5) is 0 Å². The van der Waals surface area contributed by atoms with E-state index in [-0.39, 0.29) is 11.7 Å². The van der Waals surface area contributed by atoms with Crippen LogP contribution in [0, 0.1) is 0 Å². The summed E-state index contributed by atoms with van der Waals surface area (Å²) in [4.78, 5) is 12.6. The Hall–Kier alpha value is -2.41. The smallest absolute Gasteiger partial charge is 0.193 e. The molecule has 0 radical (unpaired) electrons. The normalized spacial score (nSPS) is 13.9. The highest BCUT2D eigenvalue weighted by Crippen LogP contribution is 2.27. The number of allylic oxidation sites excluding steroid dienone is 4. The average Bonchev–Trinajstić information content (AvgIpc) is 3.01. The van der Waals surface area contributed by atoms with Gasteiger partial charge in [0.05, 0.1) is 0 Å². The standard InChI is InChI=1S/C18H14O/c19-18(15-10-2-1-3-11-15)17-13-7-6-12-16(17)14-8-4-5-9-14/h1-14H. The van der Waals surface area contributed by atoms with Crippen molar-refractivity contribution in [2.45, 2.75) is 5.92 Å². The van der Waals surface area contributed by atoms with Crippen molar-refractivity contribution in [1.82, 2.24) is 0 Å². The van der Waals surface area contributed by atoms with Crippen LogP contribution in [0.15, 0.2) is 78.9 Å². The van der Waals surface area contributed by atoms with Gasteiger partial charge in [-0.3, -0.25) is 4.79 Å². The first kappa shape index (κ1) is 11.7. The van der Waals surface area contributed by atoms with Crippen molar-refractivity contribution in [2.24, 2.45) is 0 Å². The lowest BCUT2D eigenvalue weighted by atomic mass is 9.91. The maximum Gasteiger partial charge on any atom is 0.193 e. The predicted molar refractivity (Wildman–Crippen MR) is 77.3 cm³/mol. The molecule has 1 aliphatic carbocycles. The van der Waals surface area contributed by atoms with Gasteiger partial charge in [-0.2, -0.15) is 0 Å². The number of hydrogen-bond acceptors (Lipinski definition) is 1. The summed E-state index contributed by atoms with van der Waals surface area (Å²) < 4.78 is 0. The second kappa shape index (κ2) is 5.07. The molecule has 0 aliphatic heterocycles. The molecule has 1 nitrogen and oxygen atoms in total. The Morgan fingerprint density at radius 2 is 1.42 bits per heavy atom. The molecule has 3 rings (SSSR count). The summed E-state index contributed by atoms with van der Waals surface area (Å²) in [6.07, 6.45) is 8.26. The molecule has 92 valence electrons. The van der Waals surface area contributed by atoms with Gasteiger partial charge in [0.15, 0.2) is 5.78 Å². The molecule has 1 aliphatic rings. The van der Waals surface area contributed by atoms with Crippen molar-refractivity contribution in [3.05, 3.63) is 95.6 Å². The lowest BCUT2D eigenvalue weighted by molar-refractivity contribution is 0.103. The van der Waals surface area contributed by atoms with Gasteiger partial charge in [0.2, 0.25) is 0 Å². The molecule has 0 aromatic heterocycles. The highest BCUT2D eigenvalue weighted by atomic mass is 16.1. The second-order valence-corrected chi connectivity index (χ2v) is 4.58. The van der Waals surface area contributed by atoms with Gasteiger partial charge >= 0.3 is 0 Å². The van der Waals surface area contributed by atoms with Gasteiger partial charge < -0.3 is 0 Å². The summed E-state index contributed by atoms with van der Waals surface area (Å²) in [5, 5.41) is 0. The van der Waals surface area contributed by atoms with E-state index in [0.29, 0.717) is 0 Å². The van der Waals surface area contributed by atoms with Crippen molar-refractivity contribution in [3.8, 4) is 0 Å². The van der Waals surface area contributed by atoms with E-state index in [1.807, 2.05) is 66.7 Å². The number of rotatable bonds is 3. The zero-order chi connectivity index (χ0) is 13.1. The van der Waals surface area contributed by atoms with E-state index in [1.54, 1.807) is 0 Å². The van der Waals surface area contributed by atoms with Crippen LogP contribution in [-0.4, -0.2) is 5.78 Å². The summed E-state index contributed by atoms with van der Waals surface area (Å²) in [6, 6.07) is 17.3. The van der Waals surface area contributed by atoms with E-state index in [1.165, 1.54) is 0 Å². The molecule has 0 heterocycles. The van der Waals surface area contributed by atoms with Gasteiger partial charge in [0.1, 0.15) is 0 Å². The fraction of sp³-hybridized carbons (Fsp3) is 0.0556. The Morgan fingerprint density at radius 3 is 2.16 bits per heavy atom. The SMILES string of the molecule is O=C(c1ccccc1)c1ccccc1C1C=CC=C1. The first-order valence-corrected chi connectivity index (χ1v) is 6.40. The van der Waals surface area contributed by atoms with Crippen LogP contribution in [0.1, 0.15) is 27.4 Å². The number of carbonyl (C=O) groups is 1. The summed E-state index contributed by atoms with van der Waals surface area (Å²) in [5.74, 6) is 0.300. The Bertz CT molecular complexity index is 638. The third-order valence-corrected chi connectivity index (χ3v) is 3.35. The molecule has 0 N–H and O–H groups in total. The molecule has 0 saturated heterocycles. The molecule has 2 aromatic rings. The molecule has 0 spiro atoms. The number of carbonyl (C=O) groups excluding carboxylic acids is 1. The molecular weight excluding hydrogens is 232 g/mol. The van der Waals surface area contributed by atoms with E-state index >= 15 is 0 Å². The van der Waals surface area contributed by atoms with E-state index in [2.05, 4.69) is 12.2 Å². The molecule has 0 bridgehead atoms. The van der Waals surface area contributed by atoms with Gasteiger partial charge in [0.25, 0.3) is 0 Å². The molecular formula is C18H14O. The van der Waals surface area contributed by atoms with Crippen LogP contribution >= 0.6 is 0 Å². The Balaban J connectivity index is 2.03. The van der Waals surface area contributed by atoms with Crippen molar-refractivity contribution in [1.29, 1.82) is 0 Å². The minimum atomic E-state index is 0.0879. The van der Waals surface area contributed by atoms with Crippen molar-refractivity contribution in [3.63, 3.8) is 0 Å². The number of hydrogen-bond donors (Lipinski definition) is 0. The van der Waals surface area contributed by atoms with E-state index < -0.39 is 0 Å². The summed E-state index contributed by atoms with van der Waals surface area (Å²) in [5.41, 5.74) is 2.59. The summed E-state index contributed by atoms with van der Waals surface area (Å²) in [6.45, 7) is 0. The highest BCUT2D eigenvalue weighted by Gasteiger charge is 2.17. The zero-order valence-electron chi connectivity index (χ0n) is 10.5. The predicted octanol–water partition coefficient (Wildman–Crippen LogP) is 4.13. The van der Waals surface area contributed by atoms with Gasteiger partial charge in [-0.25, -0.2) is 0 Å². The van der Waals surface area contributed by atoms with Crippen LogP contribution in [0.25, 0.3) is 0 Å². The van der Waals surface area contributed by atoms with Crippen LogP contribution in [0.5, 0.6) is 0 Å². The molecule has 19 heavy (non-hydrogen) atoms.